The minimum atomic E-state index is 0.0799. The number of pyridine rings is 1. The Morgan fingerprint density at radius 1 is 1.20 bits per heavy atom. The molecule has 1 aromatic heterocycles. The third kappa shape index (κ3) is 3.45. The molecule has 1 aliphatic heterocycles. The van der Waals surface area contributed by atoms with Gasteiger partial charge in [-0.1, -0.05) is 12.1 Å². The predicted octanol–water partition coefficient (Wildman–Crippen LogP) is 2.66. The van der Waals surface area contributed by atoms with Crippen LogP contribution in [0.3, 0.4) is 0 Å². The number of benzene rings is 1. The minimum Gasteiger partial charge on any atom is -0.486 e. The summed E-state index contributed by atoms with van der Waals surface area (Å²) in [6.45, 7) is 1.87. The second kappa shape index (κ2) is 6.75. The van der Waals surface area contributed by atoms with E-state index in [1.807, 2.05) is 42.3 Å². The topological polar surface area (TPSA) is 51.7 Å². The maximum absolute atomic E-state index is 12.6. The average molecular weight is 338 g/mol. The maximum Gasteiger partial charge on any atom is 0.226 e. The lowest BCUT2D eigenvalue weighted by molar-refractivity contribution is -0.131. The fourth-order valence-electron chi connectivity index (χ4n) is 3.35. The normalized spacial score (nSPS) is 20.8. The predicted molar refractivity (Wildman–Crippen MR) is 93.9 cm³/mol. The molecule has 1 amide bonds. The van der Waals surface area contributed by atoms with E-state index in [1.54, 1.807) is 6.20 Å². The Morgan fingerprint density at radius 2 is 2.04 bits per heavy atom. The SMILES string of the molecule is CN(CCc1ccccn1)C(=O)C1CC1c1ccc2c(c1)OCCO2. The van der Waals surface area contributed by atoms with Gasteiger partial charge in [-0.15, -0.1) is 0 Å². The molecule has 2 unspecified atom stereocenters. The van der Waals surface area contributed by atoms with Crippen molar-refractivity contribution in [3.63, 3.8) is 0 Å². The molecule has 130 valence electrons. The number of likely N-dealkylation sites (N-methyl/N-ethyl adjacent to an activating group) is 1. The van der Waals surface area contributed by atoms with Gasteiger partial charge in [0.2, 0.25) is 5.91 Å². The summed E-state index contributed by atoms with van der Waals surface area (Å²) in [6.07, 6.45) is 3.48. The molecule has 1 fully saturated rings. The Kier molecular flexibility index (Phi) is 4.30. The van der Waals surface area contributed by atoms with Gasteiger partial charge in [-0.2, -0.15) is 0 Å². The van der Waals surface area contributed by atoms with E-state index in [0.717, 1.165) is 30.0 Å². The van der Waals surface area contributed by atoms with Gasteiger partial charge in [-0.05, 0) is 42.2 Å². The Labute approximate surface area is 147 Å². The number of hydrogen-bond donors (Lipinski definition) is 0. The number of rotatable bonds is 5. The molecule has 1 aliphatic carbocycles. The van der Waals surface area contributed by atoms with Crippen molar-refractivity contribution in [2.45, 2.75) is 18.8 Å². The van der Waals surface area contributed by atoms with Gasteiger partial charge in [0, 0.05) is 37.8 Å². The first-order valence-corrected chi connectivity index (χ1v) is 8.77. The van der Waals surface area contributed by atoms with Crippen LogP contribution in [0.1, 0.15) is 23.6 Å². The van der Waals surface area contributed by atoms with Crippen molar-refractivity contribution in [1.82, 2.24) is 9.88 Å². The molecule has 2 aliphatic rings. The van der Waals surface area contributed by atoms with E-state index < -0.39 is 0 Å². The molecular formula is C20H22N2O3. The van der Waals surface area contributed by atoms with Gasteiger partial charge in [0.1, 0.15) is 13.2 Å². The highest BCUT2D eigenvalue weighted by Crippen LogP contribution is 2.50. The van der Waals surface area contributed by atoms with E-state index in [-0.39, 0.29) is 11.8 Å². The summed E-state index contributed by atoms with van der Waals surface area (Å²) in [4.78, 5) is 18.8. The van der Waals surface area contributed by atoms with Crippen LogP contribution in [0, 0.1) is 5.92 Å². The largest absolute Gasteiger partial charge is 0.486 e. The van der Waals surface area contributed by atoms with Crippen LogP contribution in [0.5, 0.6) is 11.5 Å². The molecule has 1 saturated carbocycles. The van der Waals surface area contributed by atoms with Gasteiger partial charge in [-0.25, -0.2) is 0 Å². The molecule has 5 nitrogen and oxygen atoms in total. The molecule has 25 heavy (non-hydrogen) atoms. The lowest BCUT2D eigenvalue weighted by Crippen LogP contribution is -2.30. The molecule has 0 bridgehead atoms. The van der Waals surface area contributed by atoms with E-state index in [2.05, 4.69) is 11.1 Å². The fourth-order valence-corrected chi connectivity index (χ4v) is 3.35. The van der Waals surface area contributed by atoms with Gasteiger partial charge >= 0.3 is 0 Å². The summed E-state index contributed by atoms with van der Waals surface area (Å²) in [6, 6.07) is 11.9. The highest BCUT2D eigenvalue weighted by atomic mass is 16.6. The quantitative estimate of drug-likeness (QED) is 0.841. The summed E-state index contributed by atoms with van der Waals surface area (Å²) in [5.41, 5.74) is 2.18. The molecule has 5 heteroatoms. The smallest absolute Gasteiger partial charge is 0.226 e. The van der Waals surface area contributed by atoms with Crippen LogP contribution in [-0.2, 0) is 11.2 Å². The molecule has 0 saturated heterocycles. The van der Waals surface area contributed by atoms with Crippen LogP contribution in [-0.4, -0.2) is 42.6 Å². The average Bonchev–Trinajstić information content (AvgIpc) is 3.47. The third-order valence-electron chi connectivity index (χ3n) is 4.91. The molecule has 2 atom stereocenters. The van der Waals surface area contributed by atoms with Crippen LogP contribution >= 0.6 is 0 Å². The van der Waals surface area contributed by atoms with Crippen LogP contribution in [0.25, 0.3) is 0 Å². The molecule has 2 aromatic rings. The van der Waals surface area contributed by atoms with Crippen LogP contribution in [0.15, 0.2) is 42.6 Å². The number of hydrogen-bond acceptors (Lipinski definition) is 4. The summed E-state index contributed by atoms with van der Waals surface area (Å²) >= 11 is 0. The molecule has 0 N–H and O–H groups in total. The molecule has 2 heterocycles. The Morgan fingerprint density at radius 3 is 2.84 bits per heavy atom. The van der Waals surface area contributed by atoms with Gasteiger partial charge in [-0.3, -0.25) is 9.78 Å². The minimum absolute atomic E-state index is 0.0799. The molecule has 4 rings (SSSR count). The van der Waals surface area contributed by atoms with Crippen molar-refractivity contribution in [1.29, 1.82) is 0 Å². The van der Waals surface area contributed by atoms with E-state index in [9.17, 15) is 4.79 Å². The van der Waals surface area contributed by atoms with Crippen molar-refractivity contribution in [3.8, 4) is 11.5 Å². The number of aromatic nitrogens is 1. The number of ether oxygens (including phenoxy) is 2. The van der Waals surface area contributed by atoms with Crippen molar-refractivity contribution in [2.24, 2.45) is 5.92 Å². The number of carbonyl (C=O) groups is 1. The fraction of sp³-hybridized carbons (Fsp3) is 0.400. The van der Waals surface area contributed by atoms with Crippen LogP contribution in [0.4, 0.5) is 0 Å². The first-order chi connectivity index (χ1) is 12.2. The zero-order chi connectivity index (χ0) is 17.2. The lowest BCUT2D eigenvalue weighted by Gasteiger charge is -2.19. The second-order valence-corrected chi connectivity index (χ2v) is 6.68. The maximum atomic E-state index is 12.6. The molecule has 1 aromatic carbocycles. The highest BCUT2D eigenvalue weighted by molar-refractivity contribution is 5.82. The zero-order valence-electron chi connectivity index (χ0n) is 14.4. The van der Waals surface area contributed by atoms with E-state index in [0.29, 0.717) is 25.7 Å². The van der Waals surface area contributed by atoms with Crippen molar-refractivity contribution < 1.29 is 14.3 Å². The standard InChI is InChI=1S/C20H22N2O3/c1-22(9-7-15-4-2-3-8-21-15)20(23)17-13-16(17)14-5-6-18-19(12-14)25-11-10-24-18/h2-6,8,12,16-17H,7,9-11,13H2,1H3. The number of nitrogens with zero attached hydrogens (tertiary/aromatic N) is 2. The lowest BCUT2D eigenvalue weighted by atomic mass is 10.1. The second-order valence-electron chi connectivity index (χ2n) is 6.68. The molecule has 0 spiro atoms. The number of carbonyl (C=O) groups excluding carboxylic acids is 1. The number of fused-ring (bicyclic) bond motifs is 1. The van der Waals surface area contributed by atoms with E-state index in [1.165, 1.54) is 5.56 Å². The van der Waals surface area contributed by atoms with E-state index >= 15 is 0 Å². The Hall–Kier alpha value is -2.56. The van der Waals surface area contributed by atoms with Gasteiger partial charge in [0.15, 0.2) is 11.5 Å². The van der Waals surface area contributed by atoms with Crippen molar-refractivity contribution in [3.05, 3.63) is 53.9 Å². The summed E-state index contributed by atoms with van der Waals surface area (Å²) in [5, 5.41) is 0. The van der Waals surface area contributed by atoms with Crippen LogP contribution < -0.4 is 9.47 Å². The van der Waals surface area contributed by atoms with Gasteiger partial charge in [0.05, 0.1) is 0 Å². The van der Waals surface area contributed by atoms with Crippen LogP contribution in [0.2, 0.25) is 0 Å². The third-order valence-corrected chi connectivity index (χ3v) is 4.91. The summed E-state index contributed by atoms with van der Waals surface area (Å²) in [7, 11) is 1.88. The summed E-state index contributed by atoms with van der Waals surface area (Å²) < 4.78 is 11.2. The first kappa shape index (κ1) is 15.9. The van der Waals surface area contributed by atoms with Crippen molar-refractivity contribution >= 4 is 5.91 Å². The molecule has 0 radical (unpaired) electrons. The monoisotopic (exact) mass is 338 g/mol. The van der Waals surface area contributed by atoms with Gasteiger partial charge in [0.25, 0.3) is 0 Å². The first-order valence-electron chi connectivity index (χ1n) is 8.77. The zero-order valence-corrected chi connectivity index (χ0v) is 14.4. The molecular weight excluding hydrogens is 316 g/mol. The van der Waals surface area contributed by atoms with Gasteiger partial charge < -0.3 is 14.4 Å². The number of amides is 1. The highest BCUT2D eigenvalue weighted by Gasteiger charge is 2.45. The Balaban J connectivity index is 1.35. The summed E-state index contributed by atoms with van der Waals surface area (Å²) in [5.74, 6) is 2.18. The van der Waals surface area contributed by atoms with E-state index in [4.69, 9.17) is 9.47 Å². The Bertz CT molecular complexity index is 763. The van der Waals surface area contributed by atoms with Crippen molar-refractivity contribution in [2.75, 3.05) is 26.8 Å².